The Kier molecular flexibility index (Phi) is 6.59. The second-order valence-electron chi connectivity index (χ2n) is 7.01. The highest BCUT2D eigenvalue weighted by atomic mass is 19.2. The lowest BCUT2D eigenvalue weighted by Gasteiger charge is -2.35. The summed E-state index contributed by atoms with van der Waals surface area (Å²) in [5.41, 5.74) is 1.71. The van der Waals surface area contributed by atoms with Crippen molar-refractivity contribution in [3.05, 3.63) is 65.2 Å². The van der Waals surface area contributed by atoms with E-state index in [4.69, 9.17) is 9.84 Å². The summed E-state index contributed by atoms with van der Waals surface area (Å²) in [7, 11) is 0. The summed E-state index contributed by atoms with van der Waals surface area (Å²) in [6.07, 6.45) is -0.908. The molecule has 0 saturated carbocycles. The lowest BCUT2D eigenvalue weighted by atomic mass is 10.1. The van der Waals surface area contributed by atoms with Crippen molar-refractivity contribution >= 4 is 5.97 Å². The number of carboxylic acid groups (broad SMARTS) is 1. The fourth-order valence-corrected chi connectivity index (χ4v) is 3.23. The minimum atomic E-state index is -0.999. The molecule has 150 valence electrons. The highest BCUT2D eigenvalue weighted by molar-refractivity contribution is 5.72. The monoisotopic (exact) mass is 390 g/mol. The van der Waals surface area contributed by atoms with Crippen molar-refractivity contribution in [1.29, 1.82) is 0 Å². The molecule has 7 heteroatoms. The van der Waals surface area contributed by atoms with Crippen molar-refractivity contribution in [3.63, 3.8) is 0 Å². The number of nitrogens with zero attached hydrogens (tertiary/aromatic N) is 2. The molecule has 0 aromatic heterocycles. The van der Waals surface area contributed by atoms with Gasteiger partial charge in [0.25, 0.3) is 0 Å². The summed E-state index contributed by atoms with van der Waals surface area (Å²) in [4.78, 5) is 15.5. The Balaban J connectivity index is 1.54. The number of para-hydroxylation sites is 1. The molecule has 1 saturated heterocycles. The second kappa shape index (κ2) is 9.12. The predicted molar refractivity (Wildman–Crippen MR) is 101 cm³/mol. The quantitative estimate of drug-likeness (QED) is 0.787. The molecule has 1 atom stereocenters. The van der Waals surface area contributed by atoms with Crippen LogP contribution in [-0.2, 0) is 17.9 Å². The van der Waals surface area contributed by atoms with Gasteiger partial charge in [-0.05, 0) is 30.7 Å². The Labute approximate surface area is 163 Å². The molecule has 0 spiro atoms. The number of hydrogen-bond acceptors (Lipinski definition) is 4. The molecule has 1 unspecified atom stereocenters. The zero-order chi connectivity index (χ0) is 20.1. The van der Waals surface area contributed by atoms with Gasteiger partial charge in [-0.25, -0.2) is 13.6 Å². The third-order valence-electron chi connectivity index (χ3n) is 4.87. The van der Waals surface area contributed by atoms with E-state index >= 15 is 0 Å². The molecule has 1 fully saturated rings. The van der Waals surface area contributed by atoms with E-state index in [-0.39, 0.29) is 0 Å². The van der Waals surface area contributed by atoms with Crippen molar-refractivity contribution in [1.82, 2.24) is 9.80 Å². The second-order valence-corrected chi connectivity index (χ2v) is 7.01. The van der Waals surface area contributed by atoms with Gasteiger partial charge in [0.2, 0.25) is 0 Å². The number of carbonyl (C=O) groups is 1. The van der Waals surface area contributed by atoms with Gasteiger partial charge in [0.1, 0.15) is 5.75 Å². The Morgan fingerprint density at radius 1 is 1.04 bits per heavy atom. The van der Waals surface area contributed by atoms with Crippen LogP contribution < -0.4 is 4.74 Å². The molecule has 0 amide bonds. The molecule has 2 aromatic rings. The smallest absolute Gasteiger partial charge is 0.344 e. The van der Waals surface area contributed by atoms with Crippen LogP contribution in [0.1, 0.15) is 18.1 Å². The average Bonchev–Trinajstić information content (AvgIpc) is 2.67. The SMILES string of the molecule is CC(Oc1ccccc1CN1CCN(Cc2ccc(F)c(F)c2)CC1)C(=O)O. The number of piperazine rings is 1. The maximum absolute atomic E-state index is 13.4. The summed E-state index contributed by atoms with van der Waals surface area (Å²) in [5, 5.41) is 9.05. The van der Waals surface area contributed by atoms with Gasteiger partial charge in [-0.1, -0.05) is 24.3 Å². The van der Waals surface area contributed by atoms with Crippen LogP contribution >= 0.6 is 0 Å². The van der Waals surface area contributed by atoms with Crippen molar-refractivity contribution < 1.29 is 23.4 Å². The normalized spacial score (nSPS) is 16.7. The molecule has 1 aliphatic rings. The van der Waals surface area contributed by atoms with Crippen LogP contribution in [0, 0.1) is 11.6 Å². The highest BCUT2D eigenvalue weighted by Crippen LogP contribution is 2.22. The van der Waals surface area contributed by atoms with E-state index in [0.717, 1.165) is 43.4 Å². The van der Waals surface area contributed by atoms with E-state index in [0.29, 0.717) is 18.8 Å². The zero-order valence-corrected chi connectivity index (χ0v) is 15.8. The zero-order valence-electron chi connectivity index (χ0n) is 15.8. The van der Waals surface area contributed by atoms with E-state index in [1.807, 2.05) is 18.2 Å². The number of halogens is 2. The van der Waals surface area contributed by atoms with Crippen LogP contribution in [0.2, 0.25) is 0 Å². The molecule has 3 rings (SSSR count). The predicted octanol–water partition coefficient (Wildman–Crippen LogP) is 3.13. The number of hydrogen-bond donors (Lipinski definition) is 1. The van der Waals surface area contributed by atoms with Gasteiger partial charge < -0.3 is 9.84 Å². The molecule has 0 radical (unpaired) electrons. The van der Waals surface area contributed by atoms with Crippen molar-refractivity contribution in [2.45, 2.75) is 26.1 Å². The van der Waals surface area contributed by atoms with E-state index in [1.54, 1.807) is 12.1 Å². The molecular formula is C21H24F2N2O3. The Morgan fingerprint density at radius 2 is 1.68 bits per heavy atom. The summed E-state index contributed by atoms with van der Waals surface area (Å²) in [6.45, 7) is 6.04. The third-order valence-corrected chi connectivity index (χ3v) is 4.87. The largest absolute Gasteiger partial charge is 0.479 e. The lowest BCUT2D eigenvalue weighted by molar-refractivity contribution is -0.144. The van der Waals surface area contributed by atoms with Crippen molar-refractivity contribution in [2.75, 3.05) is 26.2 Å². The molecule has 0 bridgehead atoms. The van der Waals surface area contributed by atoms with Gasteiger partial charge in [-0.3, -0.25) is 9.80 Å². The first-order chi connectivity index (χ1) is 13.4. The van der Waals surface area contributed by atoms with Gasteiger partial charge in [-0.2, -0.15) is 0 Å². The molecule has 1 heterocycles. The topological polar surface area (TPSA) is 53.0 Å². The van der Waals surface area contributed by atoms with Gasteiger partial charge in [0.15, 0.2) is 17.7 Å². The van der Waals surface area contributed by atoms with E-state index in [9.17, 15) is 13.6 Å². The molecule has 1 aliphatic heterocycles. The van der Waals surface area contributed by atoms with Crippen LogP contribution in [0.4, 0.5) is 8.78 Å². The van der Waals surface area contributed by atoms with Gasteiger partial charge in [-0.15, -0.1) is 0 Å². The maximum atomic E-state index is 13.4. The molecule has 5 nitrogen and oxygen atoms in total. The van der Waals surface area contributed by atoms with E-state index < -0.39 is 23.7 Å². The number of aliphatic carboxylic acids is 1. The van der Waals surface area contributed by atoms with Crippen LogP contribution in [0.3, 0.4) is 0 Å². The minimum absolute atomic E-state index is 0.584. The third kappa shape index (κ3) is 5.27. The molecule has 2 aromatic carbocycles. The van der Waals surface area contributed by atoms with Crippen molar-refractivity contribution in [3.8, 4) is 5.75 Å². The number of ether oxygens (including phenoxy) is 1. The standard InChI is InChI=1S/C21H24F2N2O3/c1-15(21(26)27)28-20-5-3-2-4-17(20)14-25-10-8-24(9-11-25)13-16-6-7-18(22)19(23)12-16/h2-7,12,15H,8-11,13-14H2,1H3,(H,26,27). The summed E-state index contributed by atoms with van der Waals surface area (Å²) in [5.74, 6) is -2.06. The first-order valence-electron chi connectivity index (χ1n) is 9.28. The Bertz CT molecular complexity index is 823. The van der Waals surface area contributed by atoms with Crippen LogP contribution in [0.25, 0.3) is 0 Å². The van der Waals surface area contributed by atoms with Crippen LogP contribution in [-0.4, -0.2) is 53.2 Å². The highest BCUT2D eigenvalue weighted by Gasteiger charge is 2.20. The van der Waals surface area contributed by atoms with Gasteiger partial charge in [0, 0.05) is 44.8 Å². The van der Waals surface area contributed by atoms with E-state index in [2.05, 4.69) is 9.80 Å². The number of carboxylic acids is 1. The van der Waals surface area contributed by atoms with Crippen LogP contribution in [0.5, 0.6) is 5.75 Å². The van der Waals surface area contributed by atoms with Crippen molar-refractivity contribution in [2.24, 2.45) is 0 Å². The van der Waals surface area contributed by atoms with Gasteiger partial charge >= 0.3 is 5.97 Å². The maximum Gasteiger partial charge on any atom is 0.344 e. The summed E-state index contributed by atoms with van der Waals surface area (Å²) < 4.78 is 32.0. The Morgan fingerprint density at radius 3 is 2.32 bits per heavy atom. The average molecular weight is 390 g/mol. The van der Waals surface area contributed by atoms with Gasteiger partial charge in [0.05, 0.1) is 0 Å². The molecule has 1 N–H and O–H groups in total. The Hall–Kier alpha value is -2.51. The molecule has 28 heavy (non-hydrogen) atoms. The first-order valence-corrected chi connectivity index (χ1v) is 9.28. The summed E-state index contributed by atoms with van der Waals surface area (Å²) >= 11 is 0. The minimum Gasteiger partial charge on any atom is -0.479 e. The molecule has 0 aliphatic carbocycles. The van der Waals surface area contributed by atoms with Crippen LogP contribution in [0.15, 0.2) is 42.5 Å². The number of benzene rings is 2. The fraction of sp³-hybridized carbons (Fsp3) is 0.381. The number of rotatable bonds is 7. The lowest BCUT2D eigenvalue weighted by Crippen LogP contribution is -2.45. The fourth-order valence-electron chi connectivity index (χ4n) is 3.23. The molecular weight excluding hydrogens is 366 g/mol. The summed E-state index contributed by atoms with van der Waals surface area (Å²) in [6, 6.07) is 11.5. The first kappa shape index (κ1) is 20.2. The van der Waals surface area contributed by atoms with E-state index in [1.165, 1.54) is 13.0 Å².